The Labute approximate surface area is 115 Å². The zero-order chi connectivity index (χ0) is 13.5. The first kappa shape index (κ1) is 15.8. The number of carbonyl (C=O) groups is 1. The van der Waals surface area contributed by atoms with Crippen molar-refractivity contribution in [1.82, 2.24) is 4.90 Å². The largest absolute Gasteiger partial charge is 0.396 e. The smallest absolute Gasteiger partial charge is 0.235 e. The number of hydrogen-bond donors (Lipinski definition) is 1. The van der Waals surface area contributed by atoms with Crippen LogP contribution in [0, 0.1) is 5.92 Å². The van der Waals surface area contributed by atoms with Crippen molar-refractivity contribution in [2.45, 2.75) is 57.7 Å². The van der Waals surface area contributed by atoms with Gasteiger partial charge in [-0.25, -0.2) is 0 Å². The van der Waals surface area contributed by atoms with E-state index in [4.69, 9.17) is 5.11 Å². The SMILES string of the molecule is CCC1CCCCN1C(=O)C(C)SCC(C)CO. The Morgan fingerprint density at radius 3 is 2.78 bits per heavy atom. The van der Waals surface area contributed by atoms with Gasteiger partial charge < -0.3 is 10.0 Å². The molecule has 0 saturated carbocycles. The molecule has 3 unspecified atom stereocenters. The fourth-order valence-corrected chi connectivity index (χ4v) is 3.38. The van der Waals surface area contributed by atoms with Crippen LogP contribution >= 0.6 is 11.8 Å². The maximum absolute atomic E-state index is 12.4. The van der Waals surface area contributed by atoms with Gasteiger partial charge in [0.2, 0.25) is 5.91 Å². The molecule has 0 bridgehead atoms. The summed E-state index contributed by atoms with van der Waals surface area (Å²) in [5.74, 6) is 1.42. The summed E-state index contributed by atoms with van der Waals surface area (Å²) in [6.07, 6.45) is 4.63. The van der Waals surface area contributed by atoms with Crippen molar-refractivity contribution in [3.8, 4) is 0 Å². The predicted octanol–water partition coefficient (Wildman–Crippen LogP) is 2.53. The maximum atomic E-state index is 12.4. The number of nitrogens with zero attached hydrogens (tertiary/aromatic N) is 1. The lowest BCUT2D eigenvalue weighted by Gasteiger charge is -2.36. The van der Waals surface area contributed by atoms with Crippen LogP contribution in [0.1, 0.15) is 46.5 Å². The van der Waals surface area contributed by atoms with E-state index in [0.29, 0.717) is 6.04 Å². The van der Waals surface area contributed by atoms with Gasteiger partial charge in [0, 0.05) is 19.2 Å². The van der Waals surface area contributed by atoms with Crippen LogP contribution < -0.4 is 0 Å². The van der Waals surface area contributed by atoms with Gasteiger partial charge in [-0.15, -0.1) is 11.8 Å². The zero-order valence-electron chi connectivity index (χ0n) is 11.9. The van der Waals surface area contributed by atoms with Crippen LogP contribution in [0.2, 0.25) is 0 Å². The van der Waals surface area contributed by atoms with E-state index in [-0.39, 0.29) is 23.7 Å². The fourth-order valence-electron chi connectivity index (χ4n) is 2.38. The lowest BCUT2D eigenvalue weighted by atomic mass is 10.00. The van der Waals surface area contributed by atoms with Gasteiger partial charge in [-0.1, -0.05) is 13.8 Å². The summed E-state index contributed by atoms with van der Waals surface area (Å²) in [6.45, 7) is 7.31. The number of amides is 1. The van der Waals surface area contributed by atoms with Crippen LogP contribution in [0.3, 0.4) is 0 Å². The Kier molecular flexibility index (Phi) is 7.08. The molecule has 3 atom stereocenters. The highest BCUT2D eigenvalue weighted by Gasteiger charge is 2.28. The Balaban J connectivity index is 2.45. The van der Waals surface area contributed by atoms with Gasteiger partial charge in [0.25, 0.3) is 0 Å². The van der Waals surface area contributed by atoms with E-state index in [1.54, 1.807) is 11.8 Å². The third-order valence-corrected chi connectivity index (χ3v) is 5.13. The van der Waals surface area contributed by atoms with Crippen molar-refractivity contribution < 1.29 is 9.90 Å². The molecule has 0 aromatic carbocycles. The summed E-state index contributed by atoms with van der Waals surface area (Å²) in [5, 5.41) is 9.03. The van der Waals surface area contributed by atoms with Crippen molar-refractivity contribution in [3.05, 3.63) is 0 Å². The van der Waals surface area contributed by atoms with Crippen molar-refractivity contribution in [2.75, 3.05) is 18.9 Å². The van der Waals surface area contributed by atoms with E-state index in [1.165, 1.54) is 6.42 Å². The topological polar surface area (TPSA) is 40.5 Å². The van der Waals surface area contributed by atoms with Crippen LogP contribution in [0.15, 0.2) is 0 Å². The van der Waals surface area contributed by atoms with Gasteiger partial charge in [-0.2, -0.15) is 0 Å². The molecule has 1 amide bonds. The van der Waals surface area contributed by atoms with Crippen LogP contribution in [0.5, 0.6) is 0 Å². The van der Waals surface area contributed by atoms with E-state index in [9.17, 15) is 4.79 Å². The molecule has 18 heavy (non-hydrogen) atoms. The molecule has 1 N–H and O–H groups in total. The highest BCUT2D eigenvalue weighted by Crippen LogP contribution is 2.24. The van der Waals surface area contributed by atoms with Crippen molar-refractivity contribution in [1.29, 1.82) is 0 Å². The molecule has 1 heterocycles. The Morgan fingerprint density at radius 2 is 2.17 bits per heavy atom. The van der Waals surface area contributed by atoms with Gasteiger partial charge in [0.15, 0.2) is 0 Å². The highest BCUT2D eigenvalue weighted by atomic mass is 32.2. The monoisotopic (exact) mass is 273 g/mol. The van der Waals surface area contributed by atoms with E-state index in [1.807, 2.05) is 13.8 Å². The fraction of sp³-hybridized carbons (Fsp3) is 0.929. The highest BCUT2D eigenvalue weighted by molar-refractivity contribution is 8.00. The van der Waals surface area contributed by atoms with E-state index >= 15 is 0 Å². The second-order valence-corrected chi connectivity index (χ2v) is 6.73. The first-order valence-corrected chi connectivity index (χ1v) is 8.17. The summed E-state index contributed by atoms with van der Waals surface area (Å²) >= 11 is 1.67. The molecule has 1 aliphatic heterocycles. The molecular formula is C14H27NO2S. The second kappa shape index (κ2) is 8.05. The van der Waals surface area contributed by atoms with Gasteiger partial charge >= 0.3 is 0 Å². The second-order valence-electron chi connectivity index (χ2n) is 5.35. The number of thioether (sulfide) groups is 1. The van der Waals surface area contributed by atoms with E-state index < -0.39 is 0 Å². The first-order valence-electron chi connectivity index (χ1n) is 7.13. The molecule has 1 saturated heterocycles. The molecular weight excluding hydrogens is 246 g/mol. The van der Waals surface area contributed by atoms with Crippen LogP contribution in [0.25, 0.3) is 0 Å². The summed E-state index contributed by atoms with van der Waals surface area (Å²) in [7, 11) is 0. The molecule has 0 radical (unpaired) electrons. The third-order valence-electron chi connectivity index (χ3n) is 3.67. The van der Waals surface area contributed by atoms with Crippen molar-refractivity contribution in [2.24, 2.45) is 5.92 Å². The van der Waals surface area contributed by atoms with Gasteiger partial charge in [-0.05, 0) is 44.3 Å². The standard InChI is InChI=1S/C14H27NO2S/c1-4-13-7-5-6-8-15(13)14(17)12(3)18-10-11(2)9-16/h11-13,16H,4-10H2,1-3H3. The van der Waals surface area contributed by atoms with Gasteiger partial charge in [0.05, 0.1) is 5.25 Å². The number of aliphatic hydroxyl groups is 1. The molecule has 4 heteroatoms. The molecule has 0 aromatic rings. The molecule has 1 aliphatic rings. The Morgan fingerprint density at radius 1 is 1.44 bits per heavy atom. The maximum Gasteiger partial charge on any atom is 0.235 e. The lowest BCUT2D eigenvalue weighted by molar-refractivity contribution is -0.134. The van der Waals surface area contributed by atoms with Crippen LogP contribution in [-0.4, -0.2) is 46.1 Å². The molecule has 0 aromatic heterocycles. The Hall–Kier alpha value is -0.220. The molecule has 0 aliphatic carbocycles. The van der Waals surface area contributed by atoms with Gasteiger partial charge in [0.1, 0.15) is 0 Å². The third kappa shape index (κ3) is 4.47. The van der Waals surface area contributed by atoms with Crippen LogP contribution in [-0.2, 0) is 4.79 Å². The molecule has 1 fully saturated rings. The minimum atomic E-state index is 0.0196. The number of hydrogen-bond acceptors (Lipinski definition) is 3. The van der Waals surface area contributed by atoms with Crippen LogP contribution in [0.4, 0.5) is 0 Å². The number of piperidine rings is 1. The lowest BCUT2D eigenvalue weighted by Crippen LogP contribution is -2.46. The summed E-state index contributed by atoms with van der Waals surface area (Å²) in [4.78, 5) is 14.5. The normalized spacial score (nSPS) is 23.8. The summed E-state index contributed by atoms with van der Waals surface area (Å²) in [5.41, 5.74) is 0. The zero-order valence-corrected chi connectivity index (χ0v) is 12.7. The van der Waals surface area contributed by atoms with E-state index in [2.05, 4.69) is 11.8 Å². The first-order chi connectivity index (χ1) is 8.60. The quantitative estimate of drug-likeness (QED) is 0.808. The van der Waals surface area contributed by atoms with Crippen molar-refractivity contribution >= 4 is 17.7 Å². The average Bonchev–Trinajstić information content (AvgIpc) is 2.43. The Bertz CT molecular complexity index is 260. The number of aliphatic hydroxyl groups excluding tert-OH is 1. The number of likely N-dealkylation sites (tertiary alicyclic amines) is 1. The number of carbonyl (C=O) groups excluding carboxylic acids is 1. The predicted molar refractivity (Wildman–Crippen MR) is 77.8 cm³/mol. The minimum Gasteiger partial charge on any atom is -0.396 e. The van der Waals surface area contributed by atoms with Crippen molar-refractivity contribution in [3.63, 3.8) is 0 Å². The molecule has 0 spiro atoms. The summed E-state index contributed by atoms with van der Waals surface area (Å²) in [6, 6.07) is 0.449. The molecule has 106 valence electrons. The molecule has 1 rings (SSSR count). The molecule has 3 nitrogen and oxygen atoms in total. The minimum absolute atomic E-state index is 0.0196. The summed E-state index contributed by atoms with van der Waals surface area (Å²) < 4.78 is 0. The number of rotatable bonds is 6. The van der Waals surface area contributed by atoms with Gasteiger partial charge in [-0.3, -0.25) is 4.79 Å². The van der Waals surface area contributed by atoms with E-state index in [0.717, 1.165) is 31.6 Å². The average molecular weight is 273 g/mol.